The van der Waals surface area contributed by atoms with Crippen LogP contribution in [0.1, 0.15) is 11.1 Å². The van der Waals surface area contributed by atoms with E-state index in [1.165, 1.54) is 21.3 Å². The van der Waals surface area contributed by atoms with Crippen molar-refractivity contribution in [2.75, 3.05) is 27.9 Å². The van der Waals surface area contributed by atoms with Gasteiger partial charge in [-0.25, -0.2) is 13.1 Å². The van der Waals surface area contributed by atoms with Gasteiger partial charge in [0.25, 0.3) is 0 Å². The molecule has 7 nitrogen and oxygen atoms in total. The molecule has 0 saturated heterocycles. The number of benzene rings is 2. The fourth-order valence-electron chi connectivity index (χ4n) is 2.92. The highest BCUT2D eigenvalue weighted by molar-refractivity contribution is 9.10. The van der Waals surface area contributed by atoms with E-state index < -0.39 is 10.0 Å². The molecule has 0 unspecified atom stereocenters. The second kappa shape index (κ2) is 7.95. The number of hydrogen-bond donors (Lipinski definition) is 1. The van der Waals surface area contributed by atoms with Crippen molar-refractivity contribution in [2.24, 2.45) is 0 Å². The Hall–Kier alpha value is -1.97. The van der Waals surface area contributed by atoms with Crippen LogP contribution in [0, 0.1) is 0 Å². The predicted octanol–water partition coefficient (Wildman–Crippen LogP) is 2.89. The molecule has 0 spiro atoms. The van der Waals surface area contributed by atoms with E-state index in [1.54, 1.807) is 18.2 Å². The molecule has 2 aromatic carbocycles. The fraction of sp³-hybridized carbons (Fsp3) is 0.333. The molecule has 27 heavy (non-hydrogen) atoms. The third-order valence-corrected chi connectivity index (χ3v) is 6.11. The summed E-state index contributed by atoms with van der Waals surface area (Å²) in [6.45, 7) is 0.491. The molecule has 1 heterocycles. The summed E-state index contributed by atoms with van der Waals surface area (Å²) in [5, 5.41) is 0. The molecule has 0 atom stereocenters. The zero-order valence-corrected chi connectivity index (χ0v) is 17.6. The number of fused-ring (bicyclic) bond motifs is 1. The lowest BCUT2D eigenvalue weighted by Gasteiger charge is -2.15. The standard InChI is InChI=1S/C18H20BrNO6S/c1-23-14-9-16(25-3)15(24-2)7-12(14)10-20-27(21,22)17-8-13(19)6-11-4-5-26-18(11)17/h6-9,20H,4-5,10H2,1-3H3. The SMILES string of the molecule is COc1cc(OC)c(OC)cc1CNS(=O)(=O)c1cc(Br)cc2c1OCC2. The van der Waals surface area contributed by atoms with E-state index in [4.69, 9.17) is 18.9 Å². The molecule has 0 radical (unpaired) electrons. The lowest BCUT2D eigenvalue weighted by Crippen LogP contribution is -2.24. The average Bonchev–Trinajstić information content (AvgIpc) is 3.12. The van der Waals surface area contributed by atoms with Gasteiger partial charge in [0, 0.05) is 34.6 Å². The fourth-order valence-corrected chi connectivity index (χ4v) is 4.79. The molecule has 146 valence electrons. The highest BCUT2D eigenvalue weighted by Crippen LogP contribution is 2.37. The first-order valence-corrected chi connectivity index (χ1v) is 10.4. The molecular weight excluding hydrogens is 438 g/mol. The molecular formula is C18H20BrNO6S. The zero-order chi connectivity index (χ0) is 19.6. The van der Waals surface area contributed by atoms with Crippen LogP contribution in [0.4, 0.5) is 0 Å². The third kappa shape index (κ3) is 3.99. The first-order valence-electron chi connectivity index (χ1n) is 8.13. The van der Waals surface area contributed by atoms with Crippen molar-refractivity contribution in [3.05, 3.63) is 39.9 Å². The van der Waals surface area contributed by atoms with Gasteiger partial charge in [0.05, 0.1) is 27.9 Å². The van der Waals surface area contributed by atoms with E-state index in [9.17, 15) is 8.42 Å². The Bertz CT molecular complexity index is 961. The minimum absolute atomic E-state index is 0.0210. The maximum absolute atomic E-state index is 12.9. The number of halogens is 1. The molecule has 1 aliphatic rings. The third-order valence-electron chi connectivity index (χ3n) is 4.24. The van der Waals surface area contributed by atoms with Crippen LogP contribution in [-0.4, -0.2) is 36.4 Å². The quantitative estimate of drug-likeness (QED) is 0.687. The Morgan fingerprint density at radius 3 is 2.37 bits per heavy atom. The van der Waals surface area contributed by atoms with Crippen molar-refractivity contribution in [3.8, 4) is 23.0 Å². The molecule has 0 aliphatic carbocycles. The molecule has 0 fully saturated rings. The summed E-state index contributed by atoms with van der Waals surface area (Å²) in [7, 11) is 0.745. The van der Waals surface area contributed by atoms with Gasteiger partial charge in [0.15, 0.2) is 11.5 Å². The van der Waals surface area contributed by atoms with Gasteiger partial charge in [-0.05, 0) is 18.2 Å². The van der Waals surface area contributed by atoms with E-state index in [0.717, 1.165) is 5.56 Å². The van der Waals surface area contributed by atoms with Crippen molar-refractivity contribution < 1.29 is 27.4 Å². The summed E-state index contributed by atoms with van der Waals surface area (Å²) in [5.74, 6) is 1.88. The Balaban J connectivity index is 1.91. The maximum Gasteiger partial charge on any atom is 0.244 e. The van der Waals surface area contributed by atoms with Crippen LogP contribution in [0.3, 0.4) is 0 Å². The summed E-state index contributed by atoms with van der Waals surface area (Å²) < 4.78 is 50.5. The van der Waals surface area contributed by atoms with Crippen molar-refractivity contribution in [3.63, 3.8) is 0 Å². The molecule has 0 amide bonds. The molecule has 1 aliphatic heterocycles. The van der Waals surface area contributed by atoms with Gasteiger partial charge in [-0.3, -0.25) is 0 Å². The molecule has 1 N–H and O–H groups in total. The van der Waals surface area contributed by atoms with E-state index >= 15 is 0 Å². The van der Waals surface area contributed by atoms with Crippen molar-refractivity contribution in [2.45, 2.75) is 17.9 Å². The Morgan fingerprint density at radius 2 is 1.70 bits per heavy atom. The Labute approximate surface area is 166 Å². The Kier molecular flexibility index (Phi) is 5.83. The molecule has 0 bridgehead atoms. The van der Waals surface area contributed by atoms with E-state index in [2.05, 4.69) is 20.7 Å². The van der Waals surface area contributed by atoms with E-state index in [0.29, 0.717) is 46.1 Å². The minimum atomic E-state index is -3.80. The maximum atomic E-state index is 12.9. The first kappa shape index (κ1) is 19.8. The van der Waals surface area contributed by atoms with Gasteiger partial charge in [0.2, 0.25) is 10.0 Å². The summed E-state index contributed by atoms with van der Waals surface area (Å²) in [6, 6.07) is 6.75. The largest absolute Gasteiger partial charge is 0.496 e. The Morgan fingerprint density at radius 1 is 1.04 bits per heavy atom. The number of ether oxygens (including phenoxy) is 4. The number of hydrogen-bond acceptors (Lipinski definition) is 6. The second-order valence-corrected chi connectivity index (χ2v) is 8.49. The smallest absolute Gasteiger partial charge is 0.244 e. The van der Waals surface area contributed by atoms with E-state index in [1.807, 2.05) is 6.07 Å². The molecule has 9 heteroatoms. The minimum Gasteiger partial charge on any atom is -0.496 e. The average molecular weight is 458 g/mol. The second-order valence-electron chi connectivity index (χ2n) is 5.83. The van der Waals surface area contributed by atoms with Crippen LogP contribution in [0.15, 0.2) is 33.6 Å². The monoisotopic (exact) mass is 457 g/mol. The summed E-state index contributed by atoms with van der Waals surface area (Å²) in [5.41, 5.74) is 1.49. The number of methoxy groups -OCH3 is 3. The van der Waals surface area contributed by atoms with Crippen LogP contribution in [0.5, 0.6) is 23.0 Å². The van der Waals surface area contributed by atoms with E-state index in [-0.39, 0.29) is 11.4 Å². The van der Waals surface area contributed by atoms with Crippen LogP contribution in [0.2, 0.25) is 0 Å². The summed E-state index contributed by atoms with van der Waals surface area (Å²) in [6.07, 6.45) is 0.681. The first-order chi connectivity index (χ1) is 12.9. The molecule has 0 saturated carbocycles. The predicted molar refractivity (Wildman–Crippen MR) is 103 cm³/mol. The van der Waals surface area contributed by atoms with Gasteiger partial charge in [-0.1, -0.05) is 15.9 Å². The van der Waals surface area contributed by atoms with Crippen LogP contribution >= 0.6 is 15.9 Å². The highest BCUT2D eigenvalue weighted by Gasteiger charge is 2.26. The lowest BCUT2D eigenvalue weighted by atomic mass is 10.1. The lowest BCUT2D eigenvalue weighted by molar-refractivity contribution is 0.347. The normalized spacial score (nSPS) is 13.0. The van der Waals surface area contributed by atoms with Gasteiger partial charge in [0.1, 0.15) is 16.4 Å². The molecule has 2 aromatic rings. The van der Waals surface area contributed by atoms with Crippen LogP contribution in [-0.2, 0) is 23.0 Å². The molecule has 3 rings (SSSR count). The van der Waals surface area contributed by atoms with Crippen molar-refractivity contribution >= 4 is 26.0 Å². The van der Waals surface area contributed by atoms with Gasteiger partial charge >= 0.3 is 0 Å². The number of nitrogens with one attached hydrogen (secondary N) is 1. The van der Waals surface area contributed by atoms with Crippen molar-refractivity contribution in [1.29, 1.82) is 0 Å². The summed E-state index contributed by atoms with van der Waals surface area (Å²) in [4.78, 5) is 0.115. The van der Waals surface area contributed by atoms with Crippen molar-refractivity contribution in [1.82, 2.24) is 4.72 Å². The molecule has 0 aromatic heterocycles. The number of sulfonamides is 1. The van der Waals surface area contributed by atoms with Gasteiger partial charge in [-0.15, -0.1) is 0 Å². The topological polar surface area (TPSA) is 83.1 Å². The zero-order valence-electron chi connectivity index (χ0n) is 15.2. The highest BCUT2D eigenvalue weighted by atomic mass is 79.9. The van der Waals surface area contributed by atoms with Gasteiger partial charge in [-0.2, -0.15) is 0 Å². The number of rotatable bonds is 7. The van der Waals surface area contributed by atoms with Gasteiger partial charge < -0.3 is 18.9 Å². The summed E-state index contributed by atoms with van der Waals surface area (Å²) >= 11 is 3.36. The van der Waals surface area contributed by atoms with Crippen LogP contribution < -0.4 is 23.7 Å². The van der Waals surface area contributed by atoms with Crippen LogP contribution in [0.25, 0.3) is 0 Å².